The topological polar surface area (TPSA) is 61.4 Å². The fourth-order valence-electron chi connectivity index (χ4n) is 2.87. The van der Waals surface area contributed by atoms with Gasteiger partial charge in [0.05, 0.1) is 17.8 Å². The van der Waals surface area contributed by atoms with Crippen molar-refractivity contribution >= 4 is 40.9 Å². The predicted molar refractivity (Wildman–Crippen MR) is 109 cm³/mol. The van der Waals surface area contributed by atoms with Gasteiger partial charge in [-0.3, -0.25) is 14.5 Å². The molecule has 3 rings (SSSR count). The van der Waals surface area contributed by atoms with Crippen LogP contribution in [-0.2, 0) is 9.59 Å². The van der Waals surface area contributed by atoms with Gasteiger partial charge >= 0.3 is 0 Å². The van der Waals surface area contributed by atoms with Gasteiger partial charge in [-0.1, -0.05) is 35.5 Å². The highest BCUT2D eigenvalue weighted by Crippen LogP contribution is 2.34. The predicted octanol–water partition coefficient (Wildman–Crippen LogP) is 3.64. The molecule has 2 amide bonds. The number of piperazine rings is 1. The lowest BCUT2D eigenvalue weighted by Gasteiger charge is -2.40. The Kier molecular flexibility index (Phi) is 6.09. The number of halogens is 1. The average Bonchev–Trinajstić information content (AvgIpc) is 2.63. The van der Waals surface area contributed by atoms with Crippen molar-refractivity contribution in [1.29, 1.82) is 0 Å². The lowest BCUT2D eigenvalue weighted by atomic mass is 9.99. The molecule has 0 atom stereocenters. The van der Waals surface area contributed by atoms with E-state index in [-0.39, 0.29) is 18.4 Å². The number of nitrogens with one attached hydrogen (secondary N) is 2. The van der Waals surface area contributed by atoms with Crippen molar-refractivity contribution < 1.29 is 9.59 Å². The third kappa shape index (κ3) is 4.83. The molecule has 0 aromatic heterocycles. The second-order valence-electron chi connectivity index (χ2n) is 6.84. The maximum atomic E-state index is 12.6. The quantitative estimate of drug-likeness (QED) is 0.800. The van der Waals surface area contributed by atoms with Crippen molar-refractivity contribution in [3.05, 3.63) is 53.6 Å². The van der Waals surface area contributed by atoms with Gasteiger partial charge in [0.1, 0.15) is 0 Å². The van der Waals surface area contributed by atoms with Crippen molar-refractivity contribution in [2.24, 2.45) is 0 Å². The number of para-hydroxylation sites is 1. The number of hydrogen-bond acceptors (Lipinski definition) is 4. The molecule has 7 heteroatoms. The third-order valence-electron chi connectivity index (χ3n) is 4.55. The first kappa shape index (κ1) is 19.7. The minimum Gasteiger partial charge on any atom is -0.353 e. The molecule has 27 heavy (non-hydrogen) atoms. The number of rotatable bonds is 5. The van der Waals surface area contributed by atoms with Crippen LogP contribution in [0.2, 0.25) is 5.02 Å². The van der Waals surface area contributed by atoms with Crippen molar-refractivity contribution in [2.45, 2.75) is 29.2 Å². The summed E-state index contributed by atoms with van der Waals surface area (Å²) in [6, 6.07) is 15.2. The van der Waals surface area contributed by atoms with Crippen LogP contribution in [0.4, 0.5) is 5.69 Å². The molecular weight excluding hydrogens is 382 g/mol. The molecule has 0 spiro atoms. The van der Waals surface area contributed by atoms with E-state index in [1.54, 1.807) is 11.8 Å². The van der Waals surface area contributed by atoms with Crippen LogP contribution < -0.4 is 10.6 Å². The van der Waals surface area contributed by atoms with Crippen LogP contribution in [0.5, 0.6) is 0 Å². The molecular formula is C20H22ClN3O2S. The van der Waals surface area contributed by atoms with Crippen LogP contribution in [0.25, 0.3) is 0 Å². The van der Waals surface area contributed by atoms with E-state index in [9.17, 15) is 9.59 Å². The van der Waals surface area contributed by atoms with Gasteiger partial charge in [0.15, 0.2) is 0 Å². The second kappa shape index (κ2) is 8.33. The van der Waals surface area contributed by atoms with Crippen LogP contribution in [0.15, 0.2) is 58.3 Å². The molecule has 2 aromatic carbocycles. The Hall–Kier alpha value is -2.02. The zero-order valence-electron chi connectivity index (χ0n) is 15.3. The minimum absolute atomic E-state index is 0.0553. The SMILES string of the molecule is CC1(C)C(=O)NCCN1CC(=O)Nc1ccccc1Sc1ccc(Cl)cc1. The fourth-order valence-corrected chi connectivity index (χ4v) is 3.90. The molecule has 1 heterocycles. The molecule has 0 unspecified atom stereocenters. The summed E-state index contributed by atoms with van der Waals surface area (Å²) < 4.78 is 0. The zero-order chi connectivity index (χ0) is 19.4. The Balaban J connectivity index is 1.69. The van der Waals surface area contributed by atoms with E-state index >= 15 is 0 Å². The number of anilines is 1. The second-order valence-corrected chi connectivity index (χ2v) is 8.39. The molecule has 0 saturated carbocycles. The summed E-state index contributed by atoms with van der Waals surface area (Å²) in [5.41, 5.74) is 0.0504. The summed E-state index contributed by atoms with van der Waals surface area (Å²) in [5, 5.41) is 6.51. The number of carbonyl (C=O) groups excluding carboxylic acids is 2. The van der Waals surface area contributed by atoms with Crippen molar-refractivity contribution in [3.63, 3.8) is 0 Å². The molecule has 2 aromatic rings. The molecule has 1 saturated heterocycles. The summed E-state index contributed by atoms with van der Waals surface area (Å²) in [6.45, 7) is 5.03. The van der Waals surface area contributed by atoms with Crippen LogP contribution in [0.3, 0.4) is 0 Å². The Morgan fingerprint density at radius 1 is 1.22 bits per heavy atom. The molecule has 1 fully saturated rings. The number of amides is 2. The van der Waals surface area contributed by atoms with Crippen LogP contribution >= 0.6 is 23.4 Å². The molecule has 0 radical (unpaired) electrons. The van der Waals surface area contributed by atoms with E-state index in [4.69, 9.17) is 11.6 Å². The molecule has 0 aliphatic carbocycles. The van der Waals surface area contributed by atoms with Gasteiger partial charge in [0.25, 0.3) is 0 Å². The van der Waals surface area contributed by atoms with Gasteiger partial charge in [0, 0.05) is 27.9 Å². The smallest absolute Gasteiger partial charge is 0.240 e. The lowest BCUT2D eigenvalue weighted by molar-refractivity contribution is -0.136. The van der Waals surface area contributed by atoms with Gasteiger partial charge < -0.3 is 10.6 Å². The molecule has 1 aliphatic heterocycles. The summed E-state index contributed by atoms with van der Waals surface area (Å²) in [6.07, 6.45) is 0. The first-order valence-electron chi connectivity index (χ1n) is 8.72. The van der Waals surface area contributed by atoms with E-state index in [1.807, 2.05) is 67.3 Å². The van der Waals surface area contributed by atoms with Gasteiger partial charge in [0.2, 0.25) is 11.8 Å². The number of carbonyl (C=O) groups is 2. The van der Waals surface area contributed by atoms with Gasteiger partial charge in [-0.2, -0.15) is 0 Å². The van der Waals surface area contributed by atoms with E-state index < -0.39 is 5.54 Å². The highest BCUT2D eigenvalue weighted by molar-refractivity contribution is 7.99. The Morgan fingerprint density at radius 2 is 1.93 bits per heavy atom. The van der Waals surface area contributed by atoms with Crippen molar-refractivity contribution in [1.82, 2.24) is 10.2 Å². The molecule has 142 valence electrons. The minimum atomic E-state index is -0.701. The number of benzene rings is 2. The van der Waals surface area contributed by atoms with E-state index in [1.165, 1.54) is 0 Å². The summed E-state index contributed by atoms with van der Waals surface area (Å²) >= 11 is 7.50. The zero-order valence-corrected chi connectivity index (χ0v) is 16.9. The molecule has 2 N–H and O–H groups in total. The number of nitrogens with zero attached hydrogens (tertiary/aromatic N) is 1. The maximum Gasteiger partial charge on any atom is 0.240 e. The van der Waals surface area contributed by atoms with Crippen molar-refractivity contribution in [3.8, 4) is 0 Å². The lowest BCUT2D eigenvalue weighted by Crippen LogP contribution is -2.62. The first-order valence-corrected chi connectivity index (χ1v) is 9.91. The summed E-state index contributed by atoms with van der Waals surface area (Å²) in [4.78, 5) is 28.5. The van der Waals surface area contributed by atoms with Gasteiger partial charge in [-0.05, 0) is 50.2 Å². The van der Waals surface area contributed by atoms with Gasteiger partial charge in [-0.25, -0.2) is 0 Å². The Morgan fingerprint density at radius 3 is 2.67 bits per heavy atom. The first-order chi connectivity index (χ1) is 12.9. The molecule has 5 nitrogen and oxygen atoms in total. The standard InChI is InChI=1S/C20H22ClN3O2S/c1-20(2)19(26)22-11-12-24(20)13-18(25)23-16-5-3-4-6-17(16)27-15-9-7-14(21)8-10-15/h3-10H,11-13H2,1-2H3,(H,22,26)(H,23,25). The van der Waals surface area contributed by atoms with Crippen LogP contribution in [0.1, 0.15) is 13.8 Å². The molecule has 1 aliphatic rings. The largest absolute Gasteiger partial charge is 0.353 e. The number of hydrogen-bond donors (Lipinski definition) is 2. The average molecular weight is 404 g/mol. The van der Waals surface area contributed by atoms with E-state index in [2.05, 4.69) is 10.6 Å². The summed E-state index contributed by atoms with van der Waals surface area (Å²) in [5.74, 6) is -0.192. The maximum absolute atomic E-state index is 12.6. The Bertz CT molecular complexity index is 839. The highest BCUT2D eigenvalue weighted by Gasteiger charge is 2.38. The highest BCUT2D eigenvalue weighted by atomic mass is 35.5. The normalized spacial score (nSPS) is 16.6. The van der Waals surface area contributed by atoms with Crippen LogP contribution in [-0.4, -0.2) is 41.9 Å². The van der Waals surface area contributed by atoms with Crippen molar-refractivity contribution in [2.75, 3.05) is 25.0 Å². The van der Waals surface area contributed by atoms with E-state index in [0.29, 0.717) is 18.1 Å². The molecule has 0 bridgehead atoms. The van der Waals surface area contributed by atoms with Crippen LogP contribution in [0, 0.1) is 0 Å². The fraction of sp³-hybridized carbons (Fsp3) is 0.300. The summed E-state index contributed by atoms with van der Waals surface area (Å²) in [7, 11) is 0. The van der Waals surface area contributed by atoms with Gasteiger partial charge in [-0.15, -0.1) is 0 Å². The monoisotopic (exact) mass is 403 g/mol. The third-order valence-corrected chi connectivity index (χ3v) is 5.89. The van der Waals surface area contributed by atoms with E-state index in [0.717, 1.165) is 15.5 Å². The Labute approximate surface area is 168 Å².